The second-order valence-electron chi connectivity index (χ2n) is 3.90. The van der Waals surface area contributed by atoms with E-state index in [2.05, 4.69) is 27.9 Å². The maximum atomic E-state index is 12.4. The van der Waals surface area contributed by atoms with Crippen molar-refractivity contribution >= 4 is 34.2 Å². The van der Waals surface area contributed by atoms with Gasteiger partial charge in [0.25, 0.3) is 12.3 Å². The highest BCUT2D eigenvalue weighted by atomic mass is 127. The van der Waals surface area contributed by atoms with E-state index < -0.39 is 18.9 Å². The van der Waals surface area contributed by atoms with Gasteiger partial charge >= 0.3 is 0 Å². The average Bonchev–Trinajstić information content (AvgIpc) is 2.76. The Morgan fingerprint density at radius 1 is 1.32 bits per heavy atom. The van der Waals surface area contributed by atoms with Gasteiger partial charge in [0.05, 0.1) is 6.54 Å². The lowest BCUT2D eigenvalue weighted by atomic mass is 10.3. The molecule has 1 aromatic heterocycles. The topological polar surface area (TPSA) is 34.0 Å². The van der Waals surface area contributed by atoms with Gasteiger partial charge < -0.3 is 9.88 Å². The van der Waals surface area contributed by atoms with Crippen molar-refractivity contribution in [2.45, 2.75) is 13.0 Å². The number of benzene rings is 1. The lowest BCUT2D eigenvalue weighted by Gasteiger charge is -2.09. The zero-order chi connectivity index (χ0) is 13.8. The molecule has 1 heterocycles. The summed E-state index contributed by atoms with van der Waals surface area (Å²) in [6.07, 6.45) is -1.02. The summed E-state index contributed by atoms with van der Waals surface area (Å²) in [5, 5.41) is 2.69. The Hall–Kier alpha value is -1.44. The van der Waals surface area contributed by atoms with Gasteiger partial charge in [-0.15, -0.1) is 0 Å². The largest absolute Gasteiger partial charge is 0.338 e. The standard InChI is InChI=1S/C13H11F2IN2O/c14-12(15)8-18-6-2-5-11(18)13(19)17-10-4-1-3-9(16)7-10/h1-7,12H,8H2,(H,17,19). The third kappa shape index (κ3) is 3.76. The van der Waals surface area contributed by atoms with Crippen LogP contribution in [-0.2, 0) is 6.54 Å². The van der Waals surface area contributed by atoms with Crippen LogP contribution in [-0.4, -0.2) is 16.9 Å². The summed E-state index contributed by atoms with van der Waals surface area (Å²) in [6.45, 7) is -0.484. The monoisotopic (exact) mass is 376 g/mol. The van der Waals surface area contributed by atoms with Gasteiger partial charge in [-0.25, -0.2) is 8.78 Å². The fourth-order valence-corrected chi connectivity index (χ4v) is 2.23. The predicted molar refractivity (Wildman–Crippen MR) is 77.5 cm³/mol. The Morgan fingerprint density at radius 2 is 2.11 bits per heavy atom. The molecular formula is C13H11F2IN2O. The van der Waals surface area contributed by atoms with E-state index in [1.165, 1.54) is 16.8 Å². The van der Waals surface area contributed by atoms with E-state index in [1.54, 1.807) is 18.2 Å². The van der Waals surface area contributed by atoms with Crippen LogP contribution in [0.1, 0.15) is 10.5 Å². The SMILES string of the molecule is O=C(Nc1cccc(I)c1)c1cccn1CC(F)F. The van der Waals surface area contributed by atoms with Crippen LogP contribution >= 0.6 is 22.6 Å². The average molecular weight is 376 g/mol. The maximum Gasteiger partial charge on any atom is 0.272 e. The molecule has 0 aliphatic heterocycles. The molecule has 6 heteroatoms. The van der Waals surface area contributed by atoms with Crippen molar-refractivity contribution in [1.82, 2.24) is 4.57 Å². The van der Waals surface area contributed by atoms with Gasteiger partial charge in [-0.3, -0.25) is 4.79 Å². The van der Waals surface area contributed by atoms with Gasteiger partial charge in [-0.2, -0.15) is 0 Å². The lowest BCUT2D eigenvalue weighted by Crippen LogP contribution is -2.18. The van der Waals surface area contributed by atoms with Crippen molar-refractivity contribution in [2.75, 3.05) is 5.32 Å². The Bertz CT molecular complexity index is 584. The molecule has 1 aromatic carbocycles. The van der Waals surface area contributed by atoms with Crippen LogP contribution in [0.15, 0.2) is 42.6 Å². The number of amides is 1. The molecule has 19 heavy (non-hydrogen) atoms. The van der Waals surface area contributed by atoms with Gasteiger partial charge in [0.2, 0.25) is 0 Å². The van der Waals surface area contributed by atoms with E-state index in [0.717, 1.165) is 3.57 Å². The first-order chi connectivity index (χ1) is 9.06. The summed E-state index contributed by atoms with van der Waals surface area (Å²) < 4.78 is 27.0. The van der Waals surface area contributed by atoms with E-state index in [1.807, 2.05) is 12.1 Å². The number of carbonyl (C=O) groups excluding carboxylic acids is 1. The number of halogens is 3. The number of hydrogen-bond donors (Lipinski definition) is 1. The minimum absolute atomic E-state index is 0.221. The summed E-state index contributed by atoms with van der Waals surface area (Å²) in [5.74, 6) is -0.396. The van der Waals surface area contributed by atoms with Gasteiger partial charge in [0.15, 0.2) is 0 Å². The summed E-state index contributed by atoms with van der Waals surface area (Å²) >= 11 is 2.13. The molecule has 0 spiro atoms. The number of alkyl halides is 2. The Kier molecular flexibility index (Phi) is 4.52. The van der Waals surface area contributed by atoms with Gasteiger partial charge in [0.1, 0.15) is 5.69 Å². The van der Waals surface area contributed by atoms with Crippen molar-refractivity contribution < 1.29 is 13.6 Å². The number of carbonyl (C=O) groups is 1. The minimum Gasteiger partial charge on any atom is -0.338 e. The van der Waals surface area contributed by atoms with Crippen LogP contribution in [0.5, 0.6) is 0 Å². The van der Waals surface area contributed by atoms with Crippen LogP contribution in [0, 0.1) is 3.57 Å². The Labute approximate surface area is 122 Å². The van der Waals surface area contributed by atoms with E-state index in [9.17, 15) is 13.6 Å². The van der Waals surface area contributed by atoms with Crippen LogP contribution < -0.4 is 5.32 Å². The molecule has 0 fully saturated rings. The molecule has 0 radical (unpaired) electrons. The van der Waals surface area contributed by atoms with Crippen molar-refractivity contribution in [2.24, 2.45) is 0 Å². The van der Waals surface area contributed by atoms with Gasteiger partial charge in [0, 0.05) is 15.5 Å². The van der Waals surface area contributed by atoms with E-state index in [0.29, 0.717) is 5.69 Å². The van der Waals surface area contributed by atoms with Crippen LogP contribution in [0.4, 0.5) is 14.5 Å². The first-order valence-corrected chi connectivity index (χ1v) is 6.64. The minimum atomic E-state index is -2.49. The lowest BCUT2D eigenvalue weighted by molar-refractivity contribution is 0.0998. The zero-order valence-electron chi connectivity index (χ0n) is 9.82. The second-order valence-corrected chi connectivity index (χ2v) is 5.15. The Morgan fingerprint density at radius 3 is 2.79 bits per heavy atom. The molecule has 0 saturated carbocycles. The number of rotatable bonds is 4. The van der Waals surface area contributed by atoms with Gasteiger partial charge in [-0.1, -0.05) is 6.07 Å². The highest BCUT2D eigenvalue weighted by molar-refractivity contribution is 14.1. The third-order valence-electron chi connectivity index (χ3n) is 2.48. The normalized spacial score (nSPS) is 10.7. The number of hydrogen-bond acceptors (Lipinski definition) is 1. The first-order valence-electron chi connectivity index (χ1n) is 5.56. The maximum absolute atomic E-state index is 12.4. The van der Waals surface area contributed by atoms with E-state index >= 15 is 0 Å². The van der Waals surface area contributed by atoms with Crippen molar-refractivity contribution in [3.63, 3.8) is 0 Å². The smallest absolute Gasteiger partial charge is 0.272 e. The summed E-state index contributed by atoms with van der Waals surface area (Å²) in [7, 11) is 0. The number of anilines is 1. The summed E-state index contributed by atoms with van der Waals surface area (Å²) in [5.41, 5.74) is 0.862. The predicted octanol–water partition coefficient (Wildman–Crippen LogP) is 3.61. The fraction of sp³-hybridized carbons (Fsp3) is 0.154. The number of nitrogens with one attached hydrogen (secondary N) is 1. The molecule has 1 amide bonds. The Balaban J connectivity index is 2.14. The quantitative estimate of drug-likeness (QED) is 0.813. The summed E-state index contributed by atoms with van der Waals surface area (Å²) in [4.78, 5) is 12.0. The molecular weight excluding hydrogens is 365 g/mol. The number of nitrogens with zero attached hydrogens (tertiary/aromatic N) is 1. The van der Waals surface area contributed by atoms with Crippen LogP contribution in [0.25, 0.3) is 0 Å². The fourth-order valence-electron chi connectivity index (χ4n) is 1.69. The second kappa shape index (κ2) is 6.14. The number of aromatic nitrogens is 1. The first kappa shape index (κ1) is 14.0. The zero-order valence-corrected chi connectivity index (χ0v) is 12.0. The third-order valence-corrected chi connectivity index (χ3v) is 3.15. The van der Waals surface area contributed by atoms with E-state index in [-0.39, 0.29) is 5.69 Å². The van der Waals surface area contributed by atoms with Crippen LogP contribution in [0.2, 0.25) is 0 Å². The summed E-state index contributed by atoms with van der Waals surface area (Å²) in [6, 6.07) is 10.4. The van der Waals surface area contributed by atoms with Crippen molar-refractivity contribution in [3.05, 3.63) is 51.9 Å². The molecule has 100 valence electrons. The molecule has 0 atom stereocenters. The molecule has 0 bridgehead atoms. The molecule has 3 nitrogen and oxygen atoms in total. The molecule has 2 rings (SSSR count). The van der Waals surface area contributed by atoms with Crippen molar-refractivity contribution in [3.8, 4) is 0 Å². The molecule has 0 aliphatic carbocycles. The van der Waals surface area contributed by atoms with Crippen LogP contribution in [0.3, 0.4) is 0 Å². The molecule has 1 N–H and O–H groups in total. The molecule has 0 aliphatic rings. The van der Waals surface area contributed by atoms with Gasteiger partial charge in [-0.05, 0) is 52.9 Å². The molecule has 0 saturated heterocycles. The molecule has 2 aromatic rings. The highest BCUT2D eigenvalue weighted by Gasteiger charge is 2.13. The highest BCUT2D eigenvalue weighted by Crippen LogP contribution is 2.14. The van der Waals surface area contributed by atoms with Crippen molar-refractivity contribution in [1.29, 1.82) is 0 Å². The van der Waals surface area contributed by atoms with E-state index in [4.69, 9.17) is 0 Å². The molecule has 0 unspecified atom stereocenters.